The first-order valence-corrected chi connectivity index (χ1v) is 8.86. The number of carboxylic acids is 1. The van der Waals surface area contributed by atoms with Crippen LogP contribution in [0.3, 0.4) is 0 Å². The molecule has 0 fully saturated rings. The van der Waals surface area contributed by atoms with Gasteiger partial charge < -0.3 is 14.7 Å². The first-order valence-electron chi connectivity index (χ1n) is 8.86. The summed E-state index contributed by atoms with van der Waals surface area (Å²) >= 11 is 0. The molecule has 0 radical (unpaired) electrons. The van der Waals surface area contributed by atoms with Crippen LogP contribution in [-0.4, -0.2) is 23.9 Å². The number of nitrogens with zero attached hydrogens (tertiary/aromatic N) is 1. The standard InChI is InChI=1S/C23H21NO4/c1-27-20-14-12-17(13-15-20)16-21(23(25)26)24-28-22(18-8-4-2-5-9-18)19-10-6-3-7-11-19/h2-15,22H,16H2,1H3,(H,25,26). The number of methoxy groups -OCH3 is 1. The minimum Gasteiger partial charge on any atom is -0.497 e. The molecule has 3 aromatic carbocycles. The van der Waals surface area contributed by atoms with Gasteiger partial charge in [0.2, 0.25) is 0 Å². The van der Waals surface area contributed by atoms with E-state index < -0.39 is 12.1 Å². The number of hydrogen-bond acceptors (Lipinski definition) is 4. The second-order valence-corrected chi connectivity index (χ2v) is 6.17. The zero-order valence-electron chi connectivity index (χ0n) is 15.5. The van der Waals surface area contributed by atoms with Crippen molar-refractivity contribution in [3.63, 3.8) is 0 Å². The van der Waals surface area contributed by atoms with Crippen LogP contribution in [0.1, 0.15) is 22.8 Å². The van der Waals surface area contributed by atoms with Crippen LogP contribution in [0.4, 0.5) is 0 Å². The predicted octanol–water partition coefficient (Wildman–Crippen LogP) is 4.48. The molecular formula is C23H21NO4. The Hall–Kier alpha value is -3.60. The zero-order chi connectivity index (χ0) is 19.8. The summed E-state index contributed by atoms with van der Waals surface area (Å²) < 4.78 is 5.13. The first kappa shape index (κ1) is 19.2. The van der Waals surface area contributed by atoms with Gasteiger partial charge in [-0.1, -0.05) is 78.0 Å². The molecule has 0 unspecified atom stereocenters. The second kappa shape index (κ2) is 9.37. The fourth-order valence-electron chi connectivity index (χ4n) is 2.77. The quantitative estimate of drug-likeness (QED) is 0.465. The SMILES string of the molecule is COc1ccc(CC(=NOC(c2ccccc2)c2ccccc2)C(=O)O)cc1. The topological polar surface area (TPSA) is 68.1 Å². The van der Waals surface area contributed by atoms with Crippen molar-refractivity contribution in [2.24, 2.45) is 5.16 Å². The third kappa shape index (κ3) is 4.98. The van der Waals surface area contributed by atoms with Gasteiger partial charge in [0.15, 0.2) is 11.8 Å². The number of carboxylic acid groups (broad SMARTS) is 1. The summed E-state index contributed by atoms with van der Waals surface area (Å²) in [7, 11) is 1.58. The van der Waals surface area contributed by atoms with Gasteiger partial charge in [0, 0.05) is 6.42 Å². The van der Waals surface area contributed by atoms with Crippen LogP contribution in [-0.2, 0) is 16.1 Å². The first-order chi connectivity index (χ1) is 13.7. The highest BCUT2D eigenvalue weighted by Crippen LogP contribution is 2.26. The number of benzene rings is 3. The highest BCUT2D eigenvalue weighted by atomic mass is 16.6. The Morgan fingerprint density at radius 1 is 0.893 bits per heavy atom. The second-order valence-electron chi connectivity index (χ2n) is 6.17. The predicted molar refractivity (Wildman–Crippen MR) is 108 cm³/mol. The minimum absolute atomic E-state index is 0.0676. The van der Waals surface area contributed by atoms with Gasteiger partial charge in [-0.2, -0.15) is 0 Å². The molecule has 5 nitrogen and oxygen atoms in total. The lowest BCUT2D eigenvalue weighted by Gasteiger charge is -2.16. The number of rotatable bonds is 8. The van der Waals surface area contributed by atoms with Crippen molar-refractivity contribution >= 4 is 11.7 Å². The van der Waals surface area contributed by atoms with Gasteiger partial charge in [0.05, 0.1) is 7.11 Å². The summed E-state index contributed by atoms with van der Waals surface area (Å²) in [4.78, 5) is 17.4. The Morgan fingerprint density at radius 2 is 1.43 bits per heavy atom. The van der Waals surface area contributed by atoms with E-state index in [-0.39, 0.29) is 12.1 Å². The van der Waals surface area contributed by atoms with E-state index in [9.17, 15) is 9.90 Å². The van der Waals surface area contributed by atoms with Crippen molar-refractivity contribution in [2.45, 2.75) is 12.5 Å². The van der Waals surface area contributed by atoms with Crippen LogP contribution in [0.5, 0.6) is 5.75 Å². The third-order valence-electron chi connectivity index (χ3n) is 4.25. The Labute approximate surface area is 163 Å². The lowest BCUT2D eigenvalue weighted by Crippen LogP contribution is -2.17. The molecule has 0 aliphatic heterocycles. The largest absolute Gasteiger partial charge is 0.497 e. The molecule has 0 saturated carbocycles. The molecule has 0 amide bonds. The van der Waals surface area contributed by atoms with Gasteiger partial charge in [-0.3, -0.25) is 0 Å². The van der Waals surface area contributed by atoms with Gasteiger partial charge in [-0.25, -0.2) is 4.79 Å². The molecule has 1 N–H and O–H groups in total. The summed E-state index contributed by atoms with van der Waals surface area (Å²) in [6, 6.07) is 26.4. The molecule has 0 spiro atoms. The van der Waals surface area contributed by atoms with Crippen LogP contribution < -0.4 is 4.74 Å². The summed E-state index contributed by atoms with van der Waals surface area (Å²) in [5, 5.41) is 13.6. The van der Waals surface area contributed by atoms with Crippen LogP contribution in [0, 0.1) is 0 Å². The zero-order valence-corrected chi connectivity index (χ0v) is 15.5. The van der Waals surface area contributed by atoms with Crippen molar-refractivity contribution in [2.75, 3.05) is 7.11 Å². The molecule has 0 aliphatic rings. The van der Waals surface area contributed by atoms with Crippen molar-refractivity contribution < 1.29 is 19.5 Å². The van der Waals surface area contributed by atoms with Crippen LogP contribution in [0.15, 0.2) is 90.1 Å². The van der Waals surface area contributed by atoms with Crippen LogP contribution >= 0.6 is 0 Å². The Balaban J connectivity index is 1.84. The molecule has 0 bridgehead atoms. The van der Waals surface area contributed by atoms with Crippen molar-refractivity contribution in [3.8, 4) is 5.75 Å². The number of ether oxygens (including phenoxy) is 1. The molecule has 142 valence electrons. The van der Waals surface area contributed by atoms with Gasteiger partial charge in [0.1, 0.15) is 5.75 Å². The fraction of sp³-hybridized carbons (Fsp3) is 0.130. The molecule has 0 saturated heterocycles. The average Bonchev–Trinajstić information content (AvgIpc) is 2.75. The van der Waals surface area contributed by atoms with Crippen LogP contribution in [0.25, 0.3) is 0 Å². The number of oxime groups is 1. The Bertz CT molecular complexity index is 882. The lowest BCUT2D eigenvalue weighted by atomic mass is 10.0. The van der Waals surface area contributed by atoms with E-state index in [2.05, 4.69) is 5.16 Å². The van der Waals surface area contributed by atoms with E-state index in [1.165, 1.54) is 0 Å². The van der Waals surface area contributed by atoms with E-state index >= 15 is 0 Å². The minimum atomic E-state index is -1.12. The maximum absolute atomic E-state index is 11.7. The molecule has 3 rings (SSSR count). The summed E-state index contributed by atoms with van der Waals surface area (Å²) in [6.07, 6.45) is -0.345. The Morgan fingerprint density at radius 3 is 1.89 bits per heavy atom. The monoisotopic (exact) mass is 375 g/mol. The van der Waals surface area contributed by atoms with E-state index in [0.29, 0.717) is 5.75 Å². The Kier molecular flexibility index (Phi) is 6.41. The van der Waals surface area contributed by atoms with E-state index in [1.54, 1.807) is 19.2 Å². The maximum atomic E-state index is 11.7. The molecule has 5 heteroatoms. The highest BCUT2D eigenvalue weighted by molar-refractivity contribution is 6.35. The van der Waals surface area contributed by atoms with E-state index in [4.69, 9.17) is 9.57 Å². The molecule has 28 heavy (non-hydrogen) atoms. The summed E-state index contributed by atoms with van der Waals surface area (Å²) in [5.41, 5.74) is 2.53. The van der Waals surface area contributed by atoms with E-state index in [1.807, 2.05) is 72.8 Å². The van der Waals surface area contributed by atoms with Crippen molar-refractivity contribution in [3.05, 3.63) is 102 Å². The van der Waals surface area contributed by atoms with Crippen LogP contribution in [0.2, 0.25) is 0 Å². The molecular weight excluding hydrogens is 354 g/mol. The molecule has 0 atom stereocenters. The highest BCUT2D eigenvalue weighted by Gasteiger charge is 2.18. The van der Waals surface area contributed by atoms with Crippen molar-refractivity contribution in [1.82, 2.24) is 0 Å². The fourth-order valence-corrected chi connectivity index (χ4v) is 2.77. The van der Waals surface area contributed by atoms with Gasteiger partial charge in [-0.05, 0) is 28.8 Å². The molecule has 0 heterocycles. The average molecular weight is 375 g/mol. The number of carbonyl (C=O) groups is 1. The molecule has 0 aromatic heterocycles. The summed E-state index contributed by atoms with van der Waals surface area (Å²) in [5.74, 6) is -0.405. The van der Waals surface area contributed by atoms with E-state index in [0.717, 1.165) is 16.7 Å². The normalized spacial score (nSPS) is 11.3. The van der Waals surface area contributed by atoms with Gasteiger partial charge in [-0.15, -0.1) is 0 Å². The van der Waals surface area contributed by atoms with Crippen molar-refractivity contribution in [1.29, 1.82) is 0 Å². The van der Waals surface area contributed by atoms with Gasteiger partial charge >= 0.3 is 5.97 Å². The number of hydrogen-bond donors (Lipinski definition) is 1. The maximum Gasteiger partial charge on any atom is 0.354 e. The smallest absolute Gasteiger partial charge is 0.354 e. The molecule has 0 aliphatic carbocycles. The summed E-state index contributed by atoms with van der Waals surface area (Å²) in [6.45, 7) is 0. The third-order valence-corrected chi connectivity index (χ3v) is 4.25. The lowest BCUT2D eigenvalue weighted by molar-refractivity contribution is -0.129. The van der Waals surface area contributed by atoms with Gasteiger partial charge in [0.25, 0.3) is 0 Å². The number of aliphatic carboxylic acids is 1. The molecule has 3 aromatic rings.